The molecule has 2 atom stereocenters. The van der Waals surface area contributed by atoms with Crippen LogP contribution < -0.4 is 5.32 Å². The van der Waals surface area contributed by atoms with Crippen LogP contribution in [0.3, 0.4) is 0 Å². The van der Waals surface area contributed by atoms with Crippen LogP contribution in [0.4, 0.5) is 0 Å². The van der Waals surface area contributed by atoms with Crippen molar-refractivity contribution in [3.05, 3.63) is 35.9 Å². The Morgan fingerprint density at radius 1 is 1.00 bits per heavy atom. The summed E-state index contributed by atoms with van der Waals surface area (Å²) in [5, 5.41) is 3.11. The molecule has 2 aliphatic carbocycles. The van der Waals surface area contributed by atoms with E-state index in [0.29, 0.717) is 0 Å². The van der Waals surface area contributed by atoms with E-state index < -0.39 is 0 Å². The quantitative estimate of drug-likeness (QED) is 0.856. The standard InChI is InChI=1S/C20H24N2O3/c23-17(21-20(11-6-12-20)14-7-2-1-3-8-14)13-22-18(24)15-9-4-5-10-16(15)19(22)25/h1-3,7-8,15-16H,4-6,9-13H2,(H,21,23)/t15-,16+. The molecule has 1 heterocycles. The average Bonchev–Trinajstić information content (AvgIpc) is 2.84. The van der Waals surface area contributed by atoms with E-state index in [2.05, 4.69) is 5.32 Å². The molecule has 0 spiro atoms. The normalized spacial score (nSPS) is 27.6. The highest BCUT2D eigenvalue weighted by Crippen LogP contribution is 2.41. The Kier molecular flexibility index (Phi) is 4.10. The Morgan fingerprint density at radius 2 is 1.60 bits per heavy atom. The monoisotopic (exact) mass is 340 g/mol. The van der Waals surface area contributed by atoms with Crippen molar-refractivity contribution in [2.24, 2.45) is 11.8 Å². The van der Waals surface area contributed by atoms with Crippen molar-refractivity contribution in [2.75, 3.05) is 6.54 Å². The molecule has 5 heteroatoms. The van der Waals surface area contributed by atoms with Crippen LogP contribution in [0.1, 0.15) is 50.5 Å². The van der Waals surface area contributed by atoms with Crippen LogP contribution in [-0.4, -0.2) is 29.2 Å². The largest absolute Gasteiger partial charge is 0.345 e. The molecule has 132 valence electrons. The number of hydrogen-bond donors (Lipinski definition) is 1. The number of nitrogens with zero attached hydrogens (tertiary/aromatic N) is 1. The van der Waals surface area contributed by atoms with Crippen LogP contribution in [-0.2, 0) is 19.9 Å². The third kappa shape index (κ3) is 2.75. The van der Waals surface area contributed by atoms with Gasteiger partial charge < -0.3 is 5.32 Å². The third-order valence-electron chi connectivity index (χ3n) is 6.15. The molecule has 1 saturated heterocycles. The lowest BCUT2D eigenvalue weighted by Crippen LogP contribution is -2.53. The number of nitrogens with one attached hydrogen (secondary N) is 1. The van der Waals surface area contributed by atoms with Gasteiger partial charge in [-0.25, -0.2) is 0 Å². The van der Waals surface area contributed by atoms with Crippen molar-refractivity contribution >= 4 is 17.7 Å². The second-order valence-corrected chi connectivity index (χ2v) is 7.61. The van der Waals surface area contributed by atoms with Gasteiger partial charge in [0.15, 0.2) is 0 Å². The molecule has 1 aliphatic heterocycles. The number of imide groups is 1. The maximum Gasteiger partial charge on any atom is 0.240 e. The molecule has 3 aliphatic rings. The zero-order valence-corrected chi connectivity index (χ0v) is 14.4. The fourth-order valence-electron chi connectivity index (χ4n) is 4.61. The number of rotatable bonds is 4. The summed E-state index contributed by atoms with van der Waals surface area (Å²) in [5.41, 5.74) is 0.763. The second kappa shape index (κ2) is 6.28. The molecule has 1 aromatic carbocycles. The zero-order chi connectivity index (χ0) is 17.4. The van der Waals surface area contributed by atoms with E-state index in [4.69, 9.17) is 0 Å². The first kappa shape index (κ1) is 16.3. The van der Waals surface area contributed by atoms with Crippen molar-refractivity contribution in [1.82, 2.24) is 10.2 Å². The van der Waals surface area contributed by atoms with E-state index in [9.17, 15) is 14.4 Å². The maximum atomic E-state index is 12.6. The van der Waals surface area contributed by atoms with E-state index in [1.54, 1.807) is 0 Å². The first-order chi connectivity index (χ1) is 12.1. The minimum absolute atomic E-state index is 0.140. The molecular weight excluding hydrogens is 316 g/mol. The Morgan fingerprint density at radius 3 is 2.12 bits per heavy atom. The summed E-state index contributed by atoms with van der Waals surface area (Å²) in [5.74, 6) is -0.912. The predicted octanol–water partition coefficient (Wildman–Crippen LogP) is 2.36. The number of benzene rings is 1. The van der Waals surface area contributed by atoms with E-state index in [0.717, 1.165) is 50.5 Å². The lowest BCUT2D eigenvalue weighted by atomic mass is 9.72. The highest BCUT2D eigenvalue weighted by molar-refractivity contribution is 6.07. The van der Waals surface area contributed by atoms with Crippen molar-refractivity contribution in [3.63, 3.8) is 0 Å². The molecule has 3 fully saturated rings. The highest BCUT2D eigenvalue weighted by atomic mass is 16.2. The summed E-state index contributed by atoms with van der Waals surface area (Å²) in [6, 6.07) is 9.96. The van der Waals surface area contributed by atoms with Gasteiger partial charge in [-0.3, -0.25) is 19.3 Å². The Hall–Kier alpha value is -2.17. The summed E-state index contributed by atoms with van der Waals surface area (Å²) in [7, 11) is 0. The Balaban J connectivity index is 1.45. The molecule has 0 unspecified atom stereocenters. The summed E-state index contributed by atoms with van der Waals surface area (Å²) in [4.78, 5) is 38.9. The molecule has 0 radical (unpaired) electrons. The number of hydrogen-bond acceptors (Lipinski definition) is 3. The Bertz CT molecular complexity index is 672. The van der Waals surface area contributed by atoms with Crippen molar-refractivity contribution in [2.45, 2.75) is 50.5 Å². The second-order valence-electron chi connectivity index (χ2n) is 7.61. The number of fused-ring (bicyclic) bond motifs is 1. The average molecular weight is 340 g/mol. The van der Waals surface area contributed by atoms with E-state index >= 15 is 0 Å². The first-order valence-electron chi connectivity index (χ1n) is 9.32. The van der Waals surface area contributed by atoms with E-state index in [1.807, 2.05) is 30.3 Å². The molecule has 25 heavy (non-hydrogen) atoms. The molecule has 1 N–H and O–H groups in total. The first-order valence-corrected chi connectivity index (χ1v) is 9.32. The topological polar surface area (TPSA) is 66.5 Å². The molecule has 0 bridgehead atoms. The lowest BCUT2D eigenvalue weighted by molar-refractivity contribution is -0.144. The van der Waals surface area contributed by atoms with Crippen molar-refractivity contribution in [1.29, 1.82) is 0 Å². The fraction of sp³-hybridized carbons (Fsp3) is 0.550. The lowest BCUT2D eigenvalue weighted by Gasteiger charge is -2.43. The van der Waals surface area contributed by atoms with Gasteiger partial charge in [-0.05, 0) is 37.7 Å². The highest BCUT2D eigenvalue weighted by Gasteiger charge is 2.49. The van der Waals surface area contributed by atoms with Gasteiger partial charge in [0, 0.05) is 0 Å². The molecule has 0 aromatic heterocycles. The van der Waals surface area contributed by atoms with Crippen LogP contribution in [0.15, 0.2) is 30.3 Å². The van der Waals surface area contributed by atoms with Gasteiger partial charge >= 0.3 is 0 Å². The fourth-order valence-corrected chi connectivity index (χ4v) is 4.61. The van der Waals surface area contributed by atoms with Crippen LogP contribution in [0.2, 0.25) is 0 Å². The SMILES string of the molecule is O=C(CN1C(=O)[C@H]2CCCC[C@H]2C1=O)NC1(c2ccccc2)CCC1. The number of amides is 3. The smallest absolute Gasteiger partial charge is 0.240 e. The van der Waals surface area contributed by atoms with E-state index in [1.165, 1.54) is 4.90 Å². The van der Waals surface area contributed by atoms with Gasteiger partial charge in [0.25, 0.3) is 0 Å². The van der Waals surface area contributed by atoms with Gasteiger partial charge in [-0.15, -0.1) is 0 Å². The summed E-state index contributed by atoms with van der Waals surface area (Å²) < 4.78 is 0. The summed E-state index contributed by atoms with van der Waals surface area (Å²) in [6.07, 6.45) is 6.42. The minimum Gasteiger partial charge on any atom is -0.345 e. The van der Waals surface area contributed by atoms with Gasteiger partial charge in [-0.1, -0.05) is 43.2 Å². The summed E-state index contributed by atoms with van der Waals surface area (Å²) >= 11 is 0. The van der Waals surface area contributed by atoms with Crippen molar-refractivity contribution in [3.8, 4) is 0 Å². The molecule has 1 aromatic rings. The van der Waals surface area contributed by atoms with Crippen LogP contribution in [0.25, 0.3) is 0 Å². The molecule has 2 saturated carbocycles. The predicted molar refractivity (Wildman–Crippen MR) is 92.3 cm³/mol. The van der Waals surface area contributed by atoms with Crippen molar-refractivity contribution < 1.29 is 14.4 Å². The van der Waals surface area contributed by atoms with Gasteiger partial charge in [0.1, 0.15) is 6.54 Å². The molecular formula is C20H24N2O3. The maximum absolute atomic E-state index is 12.6. The number of carbonyl (C=O) groups is 3. The van der Waals surface area contributed by atoms with Gasteiger partial charge in [0.05, 0.1) is 17.4 Å². The molecule has 5 nitrogen and oxygen atoms in total. The van der Waals surface area contributed by atoms with Gasteiger partial charge in [0.2, 0.25) is 17.7 Å². The van der Waals surface area contributed by atoms with Crippen LogP contribution in [0, 0.1) is 11.8 Å². The third-order valence-corrected chi connectivity index (χ3v) is 6.15. The van der Waals surface area contributed by atoms with Gasteiger partial charge in [-0.2, -0.15) is 0 Å². The number of carbonyl (C=O) groups excluding carboxylic acids is 3. The molecule has 4 rings (SSSR count). The van der Waals surface area contributed by atoms with E-state index in [-0.39, 0.29) is 41.6 Å². The minimum atomic E-state index is -0.336. The zero-order valence-electron chi connectivity index (χ0n) is 14.4. The van der Waals surface area contributed by atoms with Crippen LogP contribution >= 0.6 is 0 Å². The molecule has 3 amide bonds. The van der Waals surface area contributed by atoms with Crippen LogP contribution in [0.5, 0.6) is 0 Å². The number of likely N-dealkylation sites (tertiary alicyclic amines) is 1. The Labute approximate surface area is 147 Å². The summed E-state index contributed by atoms with van der Waals surface area (Å²) in [6.45, 7) is -0.140.